The first-order chi connectivity index (χ1) is 13.5. The van der Waals surface area contributed by atoms with Crippen LogP contribution in [0.2, 0.25) is 5.02 Å². The lowest BCUT2D eigenvalue weighted by molar-refractivity contribution is -0.120. The van der Waals surface area contributed by atoms with Gasteiger partial charge >= 0.3 is 0 Å². The summed E-state index contributed by atoms with van der Waals surface area (Å²) in [5, 5.41) is 8.60. The average molecular weight is 405 g/mol. The number of anilines is 1. The molecule has 9 nitrogen and oxygen atoms in total. The number of rotatable bonds is 5. The molecule has 0 bridgehead atoms. The van der Waals surface area contributed by atoms with Crippen LogP contribution >= 0.6 is 11.6 Å². The van der Waals surface area contributed by atoms with E-state index in [2.05, 4.69) is 30.9 Å². The maximum Gasteiger partial charge on any atom is 0.272 e. The lowest BCUT2D eigenvalue weighted by Gasteiger charge is -2.28. The topological polar surface area (TPSA) is 129 Å². The molecule has 2 heterocycles. The lowest BCUT2D eigenvalue weighted by atomic mass is 9.85. The second-order valence-electron chi connectivity index (χ2n) is 6.57. The minimum atomic E-state index is -0.430. The molecule has 1 saturated carbocycles. The van der Waals surface area contributed by atoms with Crippen LogP contribution < -0.4 is 16.0 Å². The Kier molecular flexibility index (Phi) is 6.25. The van der Waals surface area contributed by atoms with Gasteiger partial charge in [-0.1, -0.05) is 11.6 Å². The molecule has 0 aromatic carbocycles. The zero-order chi connectivity index (χ0) is 20.1. The fourth-order valence-corrected chi connectivity index (χ4v) is 3.37. The van der Waals surface area contributed by atoms with E-state index in [0.717, 1.165) is 0 Å². The second-order valence-corrected chi connectivity index (χ2v) is 6.98. The van der Waals surface area contributed by atoms with Gasteiger partial charge in [-0.3, -0.25) is 19.4 Å². The molecule has 28 heavy (non-hydrogen) atoms. The van der Waals surface area contributed by atoms with Crippen LogP contribution in [0.15, 0.2) is 24.8 Å². The zero-order valence-corrected chi connectivity index (χ0v) is 16.0. The molecule has 1 aliphatic rings. The second kappa shape index (κ2) is 8.83. The van der Waals surface area contributed by atoms with Crippen LogP contribution in [0, 0.1) is 5.92 Å². The van der Waals surface area contributed by atoms with E-state index in [1.165, 1.54) is 19.6 Å². The summed E-state index contributed by atoms with van der Waals surface area (Å²) in [5.74, 6) is -1.07. The Morgan fingerprint density at radius 3 is 2.61 bits per heavy atom. The van der Waals surface area contributed by atoms with E-state index < -0.39 is 5.91 Å². The molecular formula is C18H21ClN6O3. The van der Waals surface area contributed by atoms with Crippen molar-refractivity contribution >= 4 is 35.0 Å². The minimum absolute atomic E-state index is 0.0569. The Morgan fingerprint density at radius 1 is 1.18 bits per heavy atom. The van der Waals surface area contributed by atoms with Gasteiger partial charge in [0.05, 0.1) is 23.2 Å². The van der Waals surface area contributed by atoms with Crippen LogP contribution in [0.5, 0.6) is 0 Å². The summed E-state index contributed by atoms with van der Waals surface area (Å²) in [6.07, 6.45) is 6.98. The molecule has 1 fully saturated rings. The van der Waals surface area contributed by atoms with E-state index in [-0.39, 0.29) is 35.2 Å². The molecule has 3 rings (SSSR count). The van der Waals surface area contributed by atoms with Crippen molar-refractivity contribution < 1.29 is 14.4 Å². The van der Waals surface area contributed by atoms with Gasteiger partial charge in [0.2, 0.25) is 5.91 Å². The van der Waals surface area contributed by atoms with E-state index in [0.29, 0.717) is 36.4 Å². The lowest BCUT2D eigenvalue weighted by Crippen LogP contribution is -2.40. The number of imidazole rings is 1. The molecule has 0 saturated heterocycles. The summed E-state index contributed by atoms with van der Waals surface area (Å²) >= 11 is 6.04. The first-order valence-corrected chi connectivity index (χ1v) is 9.34. The summed E-state index contributed by atoms with van der Waals surface area (Å²) in [5.41, 5.74) is 0.678. The third-order valence-corrected chi connectivity index (χ3v) is 5.10. The van der Waals surface area contributed by atoms with Gasteiger partial charge in [0.25, 0.3) is 11.8 Å². The van der Waals surface area contributed by atoms with Crippen LogP contribution in [-0.4, -0.2) is 45.8 Å². The highest BCUT2D eigenvalue weighted by molar-refractivity contribution is 6.33. The maximum absolute atomic E-state index is 12.4. The molecule has 10 heteroatoms. The monoisotopic (exact) mass is 404 g/mol. The summed E-state index contributed by atoms with van der Waals surface area (Å²) in [4.78, 5) is 47.2. The number of carbonyl (C=O) groups is 3. The van der Waals surface area contributed by atoms with Crippen molar-refractivity contribution in [3.63, 3.8) is 0 Å². The van der Waals surface area contributed by atoms with E-state index in [9.17, 15) is 14.4 Å². The quantitative estimate of drug-likeness (QED) is 0.603. The number of carbonyl (C=O) groups excluding carboxylic acids is 3. The van der Waals surface area contributed by atoms with Crippen molar-refractivity contribution in [1.82, 2.24) is 25.6 Å². The average Bonchev–Trinajstić information content (AvgIpc) is 3.19. The standard InChI is InChI=1S/C18H21ClN6O3/c1-20-17(27)14-15(23-9-22-14)18(28)24-11-4-2-10(3-5-11)16(26)25-13-8-21-7-6-12(13)19/h6-11H,2-5H2,1H3,(H,20,27)(H,22,23)(H,24,28)(H,25,26)/t10-,11-. The van der Waals surface area contributed by atoms with E-state index in [1.54, 1.807) is 12.3 Å². The molecule has 0 atom stereocenters. The van der Waals surface area contributed by atoms with Crippen LogP contribution in [0.1, 0.15) is 46.7 Å². The molecule has 1 aliphatic carbocycles. The van der Waals surface area contributed by atoms with E-state index >= 15 is 0 Å². The zero-order valence-electron chi connectivity index (χ0n) is 15.3. The molecule has 2 aromatic rings. The number of nitrogens with zero attached hydrogens (tertiary/aromatic N) is 2. The van der Waals surface area contributed by atoms with Crippen molar-refractivity contribution in [2.24, 2.45) is 5.92 Å². The van der Waals surface area contributed by atoms with Gasteiger partial charge in [0.1, 0.15) is 5.69 Å². The Morgan fingerprint density at radius 2 is 1.93 bits per heavy atom. The number of hydrogen-bond acceptors (Lipinski definition) is 5. The van der Waals surface area contributed by atoms with Crippen molar-refractivity contribution in [3.05, 3.63) is 41.2 Å². The van der Waals surface area contributed by atoms with E-state index in [1.807, 2.05) is 0 Å². The predicted octanol–water partition coefficient (Wildman–Crippen LogP) is 1.74. The van der Waals surface area contributed by atoms with Gasteiger partial charge < -0.3 is 20.9 Å². The van der Waals surface area contributed by atoms with Crippen LogP contribution in [-0.2, 0) is 4.79 Å². The molecule has 0 aliphatic heterocycles. The molecule has 4 N–H and O–H groups in total. The molecule has 2 aromatic heterocycles. The highest BCUT2D eigenvalue weighted by Gasteiger charge is 2.29. The van der Waals surface area contributed by atoms with Crippen molar-refractivity contribution in [1.29, 1.82) is 0 Å². The SMILES string of the molecule is CNC(=O)c1nc[nH]c1C(=O)N[C@H]1CC[C@H](C(=O)Nc2cnccc2Cl)CC1. The number of nitrogens with one attached hydrogen (secondary N) is 4. The fourth-order valence-electron chi connectivity index (χ4n) is 3.22. The maximum atomic E-state index is 12.4. The molecule has 3 amide bonds. The van der Waals surface area contributed by atoms with Crippen LogP contribution in [0.25, 0.3) is 0 Å². The number of pyridine rings is 1. The van der Waals surface area contributed by atoms with Gasteiger partial charge in [-0.05, 0) is 31.7 Å². The third-order valence-electron chi connectivity index (χ3n) is 4.77. The highest BCUT2D eigenvalue weighted by Crippen LogP contribution is 2.27. The van der Waals surface area contributed by atoms with Gasteiger partial charge in [-0.15, -0.1) is 0 Å². The number of amides is 3. The normalized spacial score (nSPS) is 18.9. The molecule has 0 unspecified atom stereocenters. The van der Waals surface area contributed by atoms with Gasteiger partial charge in [0, 0.05) is 25.2 Å². The Labute approximate surface area is 166 Å². The number of H-pyrrole nitrogens is 1. The third kappa shape index (κ3) is 4.48. The molecule has 0 radical (unpaired) electrons. The van der Waals surface area contributed by atoms with Crippen molar-refractivity contribution in [2.45, 2.75) is 31.7 Å². The highest BCUT2D eigenvalue weighted by atomic mass is 35.5. The molecular weight excluding hydrogens is 384 g/mol. The van der Waals surface area contributed by atoms with Crippen molar-refractivity contribution in [2.75, 3.05) is 12.4 Å². The Hall–Kier alpha value is -2.94. The largest absolute Gasteiger partial charge is 0.354 e. The Bertz CT molecular complexity index is 876. The van der Waals surface area contributed by atoms with Crippen molar-refractivity contribution in [3.8, 4) is 0 Å². The van der Waals surface area contributed by atoms with Gasteiger partial charge in [-0.2, -0.15) is 0 Å². The van der Waals surface area contributed by atoms with Crippen LogP contribution in [0.4, 0.5) is 5.69 Å². The summed E-state index contributed by atoms with van der Waals surface area (Å²) in [6.45, 7) is 0. The number of hydrogen-bond donors (Lipinski definition) is 4. The summed E-state index contributed by atoms with van der Waals surface area (Å²) in [7, 11) is 1.48. The predicted molar refractivity (Wildman–Crippen MR) is 103 cm³/mol. The molecule has 148 valence electrons. The first kappa shape index (κ1) is 19.8. The number of aromatic nitrogens is 3. The summed E-state index contributed by atoms with van der Waals surface area (Å²) < 4.78 is 0. The van der Waals surface area contributed by atoms with Gasteiger partial charge in [-0.25, -0.2) is 4.98 Å². The fraction of sp³-hybridized carbons (Fsp3) is 0.389. The van der Waals surface area contributed by atoms with Crippen LogP contribution in [0.3, 0.4) is 0 Å². The smallest absolute Gasteiger partial charge is 0.272 e. The molecule has 0 spiro atoms. The Balaban J connectivity index is 1.52. The number of halogens is 1. The minimum Gasteiger partial charge on any atom is -0.354 e. The van der Waals surface area contributed by atoms with E-state index in [4.69, 9.17) is 11.6 Å². The first-order valence-electron chi connectivity index (χ1n) is 8.96. The number of aromatic amines is 1. The summed E-state index contributed by atoms with van der Waals surface area (Å²) in [6, 6.07) is 1.55. The van der Waals surface area contributed by atoms with Gasteiger partial charge in [0.15, 0.2) is 5.69 Å².